The van der Waals surface area contributed by atoms with Gasteiger partial charge < -0.3 is 21.0 Å². The topological polar surface area (TPSA) is 189 Å². The molecule has 2 aromatic rings. The molecule has 0 saturated heterocycles. The molecule has 2 rings (SSSR count). The van der Waals surface area contributed by atoms with Crippen LogP contribution >= 0.6 is 11.3 Å². The summed E-state index contributed by atoms with van der Waals surface area (Å²) >= 11 is 1.54. The van der Waals surface area contributed by atoms with Crippen molar-refractivity contribution in [2.24, 2.45) is 4.99 Å². The van der Waals surface area contributed by atoms with Crippen LogP contribution in [0, 0.1) is 27.2 Å². The van der Waals surface area contributed by atoms with Crippen molar-refractivity contribution < 1.29 is 20.6 Å². The fourth-order valence-electron chi connectivity index (χ4n) is 1.57. The van der Waals surface area contributed by atoms with Crippen molar-refractivity contribution in [3.05, 3.63) is 55.8 Å². The maximum Gasteiger partial charge on any atom is 0.291 e. The molecule has 0 aliphatic rings. The van der Waals surface area contributed by atoms with Gasteiger partial charge in [0.2, 0.25) is 5.96 Å². The maximum absolute atomic E-state index is 8.36. The summed E-state index contributed by atoms with van der Waals surface area (Å²) in [6.07, 6.45) is 3.54. The van der Waals surface area contributed by atoms with E-state index in [1.807, 2.05) is 24.4 Å². The van der Waals surface area contributed by atoms with E-state index < -0.39 is 10.2 Å². The summed E-state index contributed by atoms with van der Waals surface area (Å²) in [5.41, 5.74) is 1.72. The third-order valence-corrected chi connectivity index (χ3v) is 2.95. The van der Waals surface area contributed by atoms with Gasteiger partial charge in [0.05, 0.1) is 5.54 Å². The zero-order valence-electron chi connectivity index (χ0n) is 15.6. The summed E-state index contributed by atoms with van der Waals surface area (Å²) < 4.78 is 0. The standard InChI is InChI=1S/C14H19N5S.2HNO3/c1-10-9-11(5-6-15-10)17-12(19-14(2,3)4)18-13-16-7-8-20-13;2*2-1(3)4/h5-9H,1-4H3,(H2,15,16,17,18,19);2*(H,2,3,4). The normalized spacial score (nSPS) is 10.5. The Hall–Kier alpha value is -3.55. The molecule has 28 heavy (non-hydrogen) atoms. The first kappa shape index (κ1) is 24.5. The molecular formula is C14H21N7O6S. The minimum Gasteiger partial charge on any atom is -0.328 e. The molecule has 2 aromatic heterocycles. The molecule has 0 aliphatic carbocycles. The van der Waals surface area contributed by atoms with Crippen LogP contribution in [-0.2, 0) is 0 Å². The number of anilines is 2. The molecule has 4 N–H and O–H groups in total. The molecule has 0 atom stereocenters. The van der Waals surface area contributed by atoms with Crippen LogP contribution < -0.4 is 10.6 Å². The Morgan fingerprint density at radius 1 is 1.14 bits per heavy atom. The molecule has 2 heterocycles. The second kappa shape index (κ2) is 11.9. The summed E-state index contributed by atoms with van der Waals surface area (Å²) in [4.78, 5) is 29.8. The average molecular weight is 415 g/mol. The highest BCUT2D eigenvalue weighted by Crippen LogP contribution is 2.15. The smallest absolute Gasteiger partial charge is 0.291 e. The monoisotopic (exact) mass is 415 g/mol. The van der Waals surface area contributed by atoms with Crippen molar-refractivity contribution in [1.29, 1.82) is 0 Å². The second-order valence-electron chi connectivity index (χ2n) is 5.88. The zero-order valence-corrected chi connectivity index (χ0v) is 16.4. The number of hydrogen-bond acceptors (Lipinski definition) is 8. The van der Waals surface area contributed by atoms with Crippen LogP contribution in [0.5, 0.6) is 0 Å². The molecule has 13 nitrogen and oxygen atoms in total. The van der Waals surface area contributed by atoms with E-state index in [2.05, 4.69) is 46.4 Å². The van der Waals surface area contributed by atoms with Crippen LogP contribution in [0.1, 0.15) is 26.5 Å². The number of thiazole rings is 1. The molecule has 0 unspecified atom stereocenters. The molecular weight excluding hydrogens is 394 g/mol. The lowest BCUT2D eigenvalue weighted by Crippen LogP contribution is -2.27. The Bertz CT molecular complexity index is 757. The molecule has 0 amide bonds. The average Bonchev–Trinajstić information content (AvgIpc) is 2.97. The van der Waals surface area contributed by atoms with E-state index in [9.17, 15) is 0 Å². The van der Waals surface area contributed by atoms with Gasteiger partial charge in [0, 0.05) is 29.2 Å². The Labute approximate surface area is 164 Å². The third kappa shape index (κ3) is 14.8. The quantitative estimate of drug-likeness (QED) is 0.245. The molecule has 0 fully saturated rings. The summed E-state index contributed by atoms with van der Waals surface area (Å²) in [5.74, 6) is 0.679. The van der Waals surface area contributed by atoms with Crippen molar-refractivity contribution in [2.75, 3.05) is 10.6 Å². The van der Waals surface area contributed by atoms with Crippen molar-refractivity contribution in [2.45, 2.75) is 33.2 Å². The zero-order chi connectivity index (χ0) is 21.7. The number of aryl methyl sites for hydroxylation is 1. The number of aromatic nitrogens is 2. The number of nitrogens with one attached hydrogen (secondary N) is 2. The minimum atomic E-state index is -1.50. The number of pyridine rings is 1. The Morgan fingerprint density at radius 3 is 2.14 bits per heavy atom. The molecule has 0 aliphatic heterocycles. The molecule has 0 spiro atoms. The minimum absolute atomic E-state index is 0.186. The van der Waals surface area contributed by atoms with E-state index in [1.54, 1.807) is 12.4 Å². The summed E-state index contributed by atoms with van der Waals surface area (Å²) in [5, 5.41) is 36.5. The first-order chi connectivity index (χ1) is 12.9. The molecule has 0 saturated carbocycles. The Balaban J connectivity index is 0.000000776. The molecule has 154 valence electrons. The SMILES string of the molecule is Cc1cc(NC(=NC(C)(C)C)Nc2nccs2)ccn1.O=[N+]([O-])O.O=[N+]([O-])O. The fourth-order valence-corrected chi connectivity index (χ4v) is 2.10. The summed E-state index contributed by atoms with van der Waals surface area (Å²) in [6, 6.07) is 3.89. The largest absolute Gasteiger partial charge is 0.328 e. The Morgan fingerprint density at radius 2 is 1.71 bits per heavy atom. The number of guanidine groups is 1. The highest BCUT2D eigenvalue weighted by atomic mass is 32.1. The van der Waals surface area contributed by atoms with Crippen LogP contribution in [0.25, 0.3) is 0 Å². The summed E-state index contributed by atoms with van der Waals surface area (Å²) in [7, 11) is 0. The first-order valence-corrected chi connectivity index (χ1v) is 8.39. The number of hydrogen-bond donors (Lipinski definition) is 4. The van der Waals surface area contributed by atoms with E-state index in [4.69, 9.17) is 30.6 Å². The number of nitrogens with zero attached hydrogens (tertiary/aromatic N) is 5. The van der Waals surface area contributed by atoms with E-state index in [0.717, 1.165) is 16.5 Å². The van der Waals surface area contributed by atoms with Crippen molar-refractivity contribution >= 4 is 28.1 Å². The van der Waals surface area contributed by atoms with Crippen molar-refractivity contribution in [1.82, 2.24) is 9.97 Å². The van der Waals surface area contributed by atoms with Gasteiger partial charge in [-0.05, 0) is 39.8 Å². The van der Waals surface area contributed by atoms with Gasteiger partial charge in [-0.3, -0.25) is 4.98 Å². The second-order valence-corrected chi connectivity index (χ2v) is 6.77. The van der Waals surface area contributed by atoms with Gasteiger partial charge in [-0.2, -0.15) is 0 Å². The maximum atomic E-state index is 8.36. The van der Waals surface area contributed by atoms with Crippen LogP contribution in [-0.4, -0.2) is 42.1 Å². The van der Waals surface area contributed by atoms with Gasteiger partial charge in [-0.25, -0.2) is 9.98 Å². The molecule has 0 aromatic carbocycles. The molecule has 14 heteroatoms. The fraction of sp³-hybridized carbons (Fsp3) is 0.357. The first-order valence-electron chi connectivity index (χ1n) is 7.51. The lowest BCUT2D eigenvalue weighted by Gasteiger charge is -2.17. The lowest BCUT2D eigenvalue weighted by atomic mass is 10.1. The van der Waals surface area contributed by atoms with Gasteiger partial charge in [-0.15, -0.1) is 31.6 Å². The third-order valence-electron chi connectivity index (χ3n) is 2.26. The van der Waals surface area contributed by atoms with Crippen molar-refractivity contribution in [3.8, 4) is 0 Å². The van der Waals surface area contributed by atoms with Crippen LogP contribution in [0.15, 0.2) is 34.9 Å². The highest BCUT2D eigenvalue weighted by molar-refractivity contribution is 7.13. The predicted octanol–water partition coefficient (Wildman–Crippen LogP) is 2.83. The van der Waals surface area contributed by atoms with E-state index >= 15 is 0 Å². The van der Waals surface area contributed by atoms with E-state index in [0.29, 0.717) is 5.96 Å². The molecule has 0 radical (unpaired) electrons. The van der Waals surface area contributed by atoms with E-state index in [-0.39, 0.29) is 5.54 Å². The van der Waals surface area contributed by atoms with Crippen LogP contribution in [0.2, 0.25) is 0 Å². The molecule has 0 bridgehead atoms. The van der Waals surface area contributed by atoms with Gasteiger partial charge in [0.25, 0.3) is 10.2 Å². The van der Waals surface area contributed by atoms with Crippen LogP contribution in [0.3, 0.4) is 0 Å². The van der Waals surface area contributed by atoms with Crippen LogP contribution in [0.4, 0.5) is 10.8 Å². The summed E-state index contributed by atoms with van der Waals surface area (Å²) in [6.45, 7) is 8.11. The van der Waals surface area contributed by atoms with Gasteiger partial charge in [0.15, 0.2) is 5.13 Å². The van der Waals surface area contributed by atoms with Crippen molar-refractivity contribution in [3.63, 3.8) is 0 Å². The van der Waals surface area contributed by atoms with Gasteiger partial charge in [-0.1, -0.05) is 0 Å². The van der Waals surface area contributed by atoms with E-state index in [1.165, 1.54) is 11.3 Å². The highest BCUT2D eigenvalue weighted by Gasteiger charge is 2.11. The van der Waals surface area contributed by atoms with Gasteiger partial charge in [0.1, 0.15) is 0 Å². The lowest BCUT2D eigenvalue weighted by molar-refractivity contribution is -0.742. The van der Waals surface area contributed by atoms with Gasteiger partial charge >= 0.3 is 0 Å². The predicted molar refractivity (Wildman–Crippen MR) is 103 cm³/mol. The Kier molecular flexibility index (Phi) is 10.4. The number of rotatable bonds is 2. The number of aliphatic imine (C=N–C) groups is 1.